The number of nitrogens with one attached hydrogen (secondary N) is 2. The van der Waals surface area contributed by atoms with E-state index in [-0.39, 0.29) is 41.2 Å². The van der Waals surface area contributed by atoms with E-state index in [0.29, 0.717) is 34.3 Å². The molecule has 2 aromatic rings. The van der Waals surface area contributed by atoms with Crippen LogP contribution in [0.2, 0.25) is 10.0 Å². The van der Waals surface area contributed by atoms with Crippen molar-refractivity contribution < 1.29 is 27.0 Å². The van der Waals surface area contributed by atoms with Crippen molar-refractivity contribution in [3.8, 4) is 0 Å². The summed E-state index contributed by atoms with van der Waals surface area (Å²) in [6, 6.07) is 6.63. The molecule has 0 spiro atoms. The van der Waals surface area contributed by atoms with Crippen LogP contribution in [0.25, 0.3) is 0 Å². The van der Waals surface area contributed by atoms with Gasteiger partial charge in [-0.2, -0.15) is 13.2 Å². The molecule has 37 heavy (non-hydrogen) atoms. The fraction of sp³-hybridized carbons (Fsp3) is 0.440. The summed E-state index contributed by atoms with van der Waals surface area (Å²) in [5, 5.41) is 5.61. The number of amides is 2. The highest BCUT2D eigenvalue weighted by molar-refractivity contribution is 7.85. The van der Waals surface area contributed by atoms with Gasteiger partial charge in [0.05, 0.1) is 16.4 Å². The largest absolute Gasteiger partial charge is 0.416 e. The quantitative estimate of drug-likeness (QED) is 0.453. The van der Waals surface area contributed by atoms with Crippen LogP contribution in [0.4, 0.5) is 13.2 Å². The van der Waals surface area contributed by atoms with Crippen LogP contribution in [-0.2, 0) is 34.9 Å². The topological polar surface area (TPSA) is 78.5 Å². The minimum Gasteiger partial charge on any atom is -0.352 e. The summed E-state index contributed by atoms with van der Waals surface area (Å²) in [5.41, 5.74) is -0.832. The molecule has 0 saturated carbocycles. The maximum Gasteiger partial charge on any atom is 0.416 e. The molecule has 2 amide bonds. The first kappa shape index (κ1) is 29.4. The van der Waals surface area contributed by atoms with E-state index in [0.717, 1.165) is 18.9 Å². The Morgan fingerprint density at radius 3 is 2.57 bits per heavy atom. The lowest BCUT2D eigenvalue weighted by Gasteiger charge is -2.33. The number of likely N-dealkylation sites (tertiary alicyclic amines) is 1. The molecule has 6 nitrogen and oxygen atoms in total. The number of hydrogen-bond acceptors (Lipinski definition) is 4. The molecule has 0 aliphatic carbocycles. The van der Waals surface area contributed by atoms with E-state index in [2.05, 4.69) is 10.6 Å². The Morgan fingerprint density at radius 1 is 1.19 bits per heavy atom. The maximum atomic E-state index is 14.0. The number of halogens is 5. The zero-order valence-electron chi connectivity index (χ0n) is 20.4. The third-order valence-electron chi connectivity index (χ3n) is 6.03. The van der Waals surface area contributed by atoms with Crippen LogP contribution in [-0.4, -0.2) is 45.8 Å². The van der Waals surface area contributed by atoms with E-state index < -0.39 is 28.4 Å². The zero-order chi connectivity index (χ0) is 27.3. The van der Waals surface area contributed by atoms with E-state index in [1.165, 1.54) is 13.0 Å². The van der Waals surface area contributed by atoms with Gasteiger partial charge in [-0.1, -0.05) is 30.1 Å². The molecule has 1 saturated heterocycles. The standard InChI is InChI=1S/C25H28Cl2F3N3O3S/c1-3-37(36)23-7-6-18(26)9-17(23)12-31-24(35)16-10-21(25(28,29)30)20(22(27)11-16)14-33-8-4-5-19(13-33)32-15(2)34/h6-7,9-11,19H,3-5,8,12-14H2,1-2H3,(H,31,35)(H,32,34). The zero-order valence-corrected chi connectivity index (χ0v) is 22.7. The number of piperidine rings is 1. The smallest absolute Gasteiger partial charge is 0.352 e. The molecule has 1 aliphatic heterocycles. The molecule has 12 heteroatoms. The molecular formula is C25H28Cl2F3N3O3S. The molecule has 2 aromatic carbocycles. The van der Waals surface area contributed by atoms with E-state index in [4.69, 9.17) is 23.2 Å². The molecular weight excluding hydrogens is 550 g/mol. The summed E-state index contributed by atoms with van der Waals surface area (Å²) < 4.78 is 54.4. The highest BCUT2D eigenvalue weighted by Gasteiger charge is 2.36. The second-order valence-corrected chi connectivity index (χ2v) is 11.4. The normalized spacial score (nSPS) is 17.3. The third kappa shape index (κ3) is 7.92. The van der Waals surface area contributed by atoms with Crippen molar-refractivity contribution in [3.63, 3.8) is 0 Å². The lowest BCUT2D eigenvalue weighted by molar-refractivity contribution is -0.138. The number of hydrogen-bond donors (Lipinski definition) is 2. The average Bonchev–Trinajstić information content (AvgIpc) is 2.82. The van der Waals surface area contributed by atoms with Crippen molar-refractivity contribution in [1.82, 2.24) is 15.5 Å². The van der Waals surface area contributed by atoms with E-state index >= 15 is 0 Å². The first-order valence-corrected chi connectivity index (χ1v) is 13.8. The second-order valence-electron chi connectivity index (χ2n) is 8.83. The maximum absolute atomic E-state index is 14.0. The molecule has 0 radical (unpaired) electrons. The average molecular weight is 578 g/mol. The fourth-order valence-corrected chi connectivity index (χ4v) is 5.78. The molecule has 202 valence electrons. The minimum atomic E-state index is -4.74. The highest BCUT2D eigenvalue weighted by atomic mass is 35.5. The Balaban J connectivity index is 1.83. The molecule has 1 fully saturated rings. The van der Waals surface area contributed by atoms with Crippen LogP contribution in [0.15, 0.2) is 35.2 Å². The van der Waals surface area contributed by atoms with Crippen molar-refractivity contribution in [2.24, 2.45) is 0 Å². The van der Waals surface area contributed by atoms with Crippen LogP contribution in [0.5, 0.6) is 0 Å². The Morgan fingerprint density at radius 2 is 1.92 bits per heavy atom. The summed E-state index contributed by atoms with van der Waals surface area (Å²) in [5.74, 6) is -0.588. The molecule has 2 unspecified atom stereocenters. The van der Waals surface area contributed by atoms with Crippen molar-refractivity contribution in [2.75, 3.05) is 18.8 Å². The molecule has 0 bridgehead atoms. The lowest BCUT2D eigenvalue weighted by Crippen LogP contribution is -2.46. The van der Waals surface area contributed by atoms with Crippen molar-refractivity contribution in [3.05, 3.63) is 62.6 Å². The van der Waals surface area contributed by atoms with Gasteiger partial charge in [0.2, 0.25) is 5.91 Å². The van der Waals surface area contributed by atoms with Gasteiger partial charge < -0.3 is 10.6 Å². The summed E-state index contributed by atoms with van der Waals surface area (Å²) in [4.78, 5) is 26.5. The van der Waals surface area contributed by atoms with Gasteiger partial charge in [0.1, 0.15) is 0 Å². The van der Waals surface area contributed by atoms with Crippen LogP contribution in [0.1, 0.15) is 53.7 Å². The summed E-state index contributed by atoms with van der Waals surface area (Å²) in [6.45, 7) is 3.97. The molecule has 2 atom stereocenters. The van der Waals surface area contributed by atoms with Crippen molar-refractivity contribution in [2.45, 2.75) is 56.9 Å². The van der Waals surface area contributed by atoms with Gasteiger partial charge in [-0.3, -0.25) is 18.7 Å². The van der Waals surface area contributed by atoms with Crippen molar-refractivity contribution >= 4 is 45.8 Å². The van der Waals surface area contributed by atoms with Gasteiger partial charge in [-0.15, -0.1) is 0 Å². The Kier molecular flexibility index (Phi) is 10.0. The van der Waals surface area contributed by atoms with E-state index in [1.54, 1.807) is 25.1 Å². The summed E-state index contributed by atoms with van der Waals surface area (Å²) >= 11 is 12.4. The molecule has 0 aromatic heterocycles. The van der Waals surface area contributed by atoms with Crippen molar-refractivity contribution in [1.29, 1.82) is 0 Å². The second kappa shape index (κ2) is 12.6. The molecule has 1 aliphatic rings. The monoisotopic (exact) mass is 577 g/mol. The van der Waals surface area contributed by atoms with Gasteiger partial charge in [0, 0.05) is 58.9 Å². The Bertz CT molecular complexity index is 1190. The Hall–Kier alpha value is -2.14. The van der Waals surface area contributed by atoms with Gasteiger partial charge in [-0.05, 0) is 60.8 Å². The summed E-state index contributed by atoms with van der Waals surface area (Å²) in [6.07, 6.45) is -3.27. The predicted octanol–water partition coefficient (Wildman–Crippen LogP) is 5.17. The lowest BCUT2D eigenvalue weighted by atomic mass is 10.00. The number of alkyl halides is 3. The van der Waals surface area contributed by atoms with Gasteiger partial charge >= 0.3 is 6.18 Å². The number of carbonyl (C=O) groups is 2. The molecule has 2 N–H and O–H groups in total. The minimum absolute atomic E-state index is 0.0691. The highest BCUT2D eigenvalue weighted by Crippen LogP contribution is 2.37. The van der Waals surface area contributed by atoms with Gasteiger partial charge in [-0.25, -0.2) is 0 Å². The predicted molar refractivity (Wildman–Crippen MR) is 138 cm³/mol. The van der Waals surface area contributed by atoms with Crippen LogP contribution >= 0.6 is 23.2 Å². The SMILES string of the molecule is CCS(=O)c1ccc(Cl)cc1CNC(=O)c1cc(Cl)c(CN2CCCC(NC(C)=O)C2)c(C(F)(F)F)c1. The number of rotatable bonds is 8. The first-order valence-electron chi connectivity index (χ1n) is 11.7. The Labute approximate surface area is 226 Å². The van der Waals surface area contributed by atoms with E-state index in [9.17, 15) is 27.0 Å². The number of nitrogens with zero attached hydrogens (tertiary/aromatic N) is 1. The molecule has 1 heterocycles. The first-order chi connectivity index (χ1) is 17.4. The summed E-state index contributed by atoms with van der Waals surface area (Å²) in [7, 11) is -1.31. The van der Waals surface area contributed by atoms with Gasteiger partial charge in [0.25, 0.3) is 5.91 Å². The van der Waals surface area contributed by atoms with E-state index in [1.807, 2.05) is 4.90 Å². The third-order valence-corrected chi connectivity index (χ3v) is 8.01. The molecule has 3 rings (SSSR count). The van der Waals surface area contributed by atoms with Crippen LogP contribution in [0.3, 0.4) is 0 Å². The number of benzene rings is 2. The van der Waals surface area contributed by atoms with Crippen LogP contribution < -0.4 is 10.6 Å². The fourth-order valence-electron chi connectivity index (χ4n) is 4.35. The number of carbonyl (C=O) groups excluding carboxylic acids is 2. The van der Waals surface area contributed by atoms with Crippen LogP contribution in [0, 0.1) is 0 Å². The van der Waals surface area contributed by atoms with Gasteiger partial charge in [0.15, 0.2) is 0 Å².